The van der Waals surface area contributed by atoms with Crippen molar-refractivity contribution in [3.05, 3.63) is 0 Å². The first kappa shape index (κ1) is 34.1. The van der Waals surface area contributed by atoms with Gasteiger partial charge in [0.1, 0.15) is 6.61 Å². The van der Waals surface area contributed by atoms with Crippen LogP contribution in [0, 0.1) is 5.92 Å². The molecule has 0 aliphatic rings. The zero-order valence-electron chi connectivity index (χ0n) is 22.0. The number of carbonyl (C=O) groups excluding carboxylic acids is 1. The average molecular weight is 513 g/mol. The van der Waals surface area contributed by atoms with E-state index in [1.165, 1.54) is 0 Å². The summed E-state index contributed by atoms with van der Waals surface area (Å²) in [4.78, 5) is 11.5. The van der Waals surface area contributed by atoms with Gasteiger partial charge in [0, 0.05) is 7.11 Å². The number of carbonyl (C=O) groups is 1. The van der Waals surface area contributed by atoms with Crippen molar-refractivity contribution in [1.82, 2.24) is 0 Å². The maximum absolute atomic E-state index is 11.5. The minimum Gasteiger partial charge on any atom is -0.463 e. The Hall–Kier alpha value is -0.890. The van der Waals surface area contributed by atoms with E-state index in [0.29, 0.717) is 112 Å². The van der Waals surface area contributed by atoms with Crippen molar-refractivity contribution in [2.45, 2.75) is 20.3 Å². The van der Waals surface area contributed by atoms with Crippen molar-refractivity contribution in [2.24, 2.45) is 5.92 Å². The van der Waals surface area contributed by atoms with Gasteiger partial charge in [-0.15, -0.1) is 0 Å². The molecule has 0 fully saturated rings. The first-order valence-electron chi connectivity index (χ1n) is 12.5. The predicted octanol–water partition coefficient (Wildman–Crippen LogP) is 1.35. The second-order valence-electron chi connectivity index (χ2n) is 7.37. The Morgan fingerprint density at radius 2 is 0.743 bits per heavy atom. The smallest absolute Gasteiger partial charge is 0.308 e. The van der Waals surface area contributed by atoms with Gasteiger partial charge in [0.25, 0.3) is 0 Å². The topological polar surface area (TPSA) is 109 Å². The molecule has 0 rings (SSSR count). The van der Waals surface area contributed by atoms with E-state index < -0.39 is 0 Å². The fraction of sp³-hybridized carbons (Fsp3) is 0.958. The molecule has 0 saturated carbocycles. The van der Waals surface area contributed by atoms with Crippen molar-refractivity contribution >= 4 is 5.97 Å². The molecule has 0 heterocycles. The van der Waals surface area contributed by atoms with E-state index in [9.17, 15) is 4.79 Å². The van der Waals surface area contributed by atoms with Gasteiger partial charge in [-0.25, -0.2) is 0 Å². The first-order valence-corrected chi connectivity index (χ1v) is 12.5. The predicted molar refractivity (Wildman–Crippen MR) is 129 cm³/mol. The lowest BCUT2D eigenvalue weighted by atomic mass is 10.1. The molecule has 0 aromatic heterocycles. The molecule has 0 aliphatic heterocycles. The van der Waals surface area contributed by atoms with Crippen LogP contribution in [-0.2, 0) is 52.2 Å². The van der Waals surface area contributed by atoms with Crippen LogP contribution in [0.25, 0.3) is 0 Å². The highest BCUT2D eigenvalue weighted by Crippen LogP contribution is 2.02. The molecule has 11 nitrogen and oxygen atoms in total. The molecule has 11 heteroatoms. The molecule has 0 radical (unpaired) electrons. The third-order valence-corrected chi connectivity index (χ3v) is 4.52. The number of ether oxygens (including phenoxy) is 10. The second kappa shape index (κ2) is 29.3. The fourth-order valence-electron chi connectivity index (χ4n) is 2.29. The third kappa shape index (κ3) is 27.5. The molecular weight excluding hydrogens is 464 g/mol. The van der Waals surface area contributed by atoms with E-state index in [4.69, 9.17) is 47.4 Å². The second-order valence-corrected chi connectivity index (χ2v) is 7.37. The van der Waals surface area contributed by atoms with Crippen molar-refractivity contribution in [2.75, 3.05) is 126 Å². The molecule has 0 saturated heterocycles. The van der Waals surface area contributed by atoms with Crippen LogP contribution in [0.4, 0.5) is 0 Å². The van der Waals surface area contributed by atoms with E-state index in [2.05, 4.69) is 0 Å². The first-order chi connectivity index (χ1) is 17.2. The lowest BCUT2D eigenvalue weighted by Gasteiger charge is -2.10. The Bertz CT molecular complexity index is 426. The molecule has 0 aliphatic carbocycles. The van der Waals surface area contributed by atoms with Gasteiger partial charge < -0.3 is 47.4 Å². The Morgan fingerprint density at radius 1 is 0.486 bits per heavy atom. The lowest BCUT2D eigenvalue weighted by molar-refractivity contribution is -0.149. The molecule has 1 unspecified atom stereocenters. The number of hydrogen-bond acceptors (Lipinski definition) is 11. The van der Waals surface area contributed by atoms with Crippen molar-refractivity contribution in [3.8, 4) is 0 Å². The van der Waals surface area contributed by atoms with Crippen molar-refractivity contribution in [3.63, 3.8) is 0 Å². The Kier molecular flexibility index (Phi) is 28.6. The summed E-state index contributed by atoms with van der Waals surface area (Å²) in [7, 11) is 1.64. The van der Waals surface area contributed by atoms with E-state index in [0.717, 1.165) is 6.42 Å². The molecule has 210 valence electrons. The molecule has 35 heavy (non-hydrogen) atoms. The van der Waals surface area contributed by atoms with Gasteiger partial charge in [-0.3, -0.25) is 4.79 Å². The molecule has 0 aromatic carbocycles. The lowest BCUT2D eigenvalue weighted by Crippen LogP contribution is -2.18. The Labute approximate surface area is 210 Å². The largest absolute Gasteiger partial charge is 0.463 e. The van der Waals surface area contributed by atoms with Gasteiger partial charge >= 0.3 is 5.97 Å². The van der Waals surface area contributed by atoms with Gasteiger partial charge in [-0.1, -0.05) is 13.8 Å². The Morgan fingerprint density at radius 3 is 1.00 bits per heavy atom. The number of esters is 1. The maximum atomic E-state index is 11.5. The van der Waals surface area contributed by atoms with E-state index in [1.807, 2.05) is 13.8 Å². The van der Waals surface area contributed by atoms with Gasteiger partial charge in [0.05, 0.1) is 118 Å². The molecule has 0 aromatic rings. The zero-order chi connectivity index (χ0) is 25.7. The monoisotopic (exact) mass is 512 g/mol. The Balaban J connectivity index is 3.07. The van der Waals surface area contributed by atoms with Crippen LogP contribution in [0.2, 0.25) is 0 Å². The van der Waals surface area contributed by atoms with E-state index in [-0.39, 0.29) is 18.5 Å². The summed E-state index contributed by atoms with van der Waals surface area (Å²) < 4.78 is 53.1. The quantitative estimate of drug-likeness (QED) is 0.107. The highest BCUT2D eigenvalue weighted by atomic mass is 16.6. The number of hydrogen-bond donors (Lipinski definition) is 0. The summed E-state index contributed by atoms with van der Waals surface area (Å²) in [5.74, 6) is -0.248. The molecule has 0 amide bonds. The highest BCUT2D eigenvalue weighted by Gasteiger charge is 2.11. The number of rotatable bonds is 29. The standard InChI is InChI=1S/C24H48O11/c1-4-23(2)24(25)35-22-21-34-20-19-33-18-17-32-16-15-31-14-13-30-12-11-29-10-9-28-8-7-27-6-5-26-3/h23H,4-22H2,1-3H3. The number of methoxy groups -OCH3 is 1. The molecule has 0 bridgehead atoms. The summed E-state index contributed by atoms with van der Waals surface area (Å²) in [6, 6.07) is 0. The van der Waals surface area contributed by atoms with Crippen LogP contribution in [0.5, 0.6) is 0 Å². The van der Waals surface area contributed by atoms with Crippen LogP contribution < -0.4 is 0 Å². The van der Waals surface area contributed by atoms with Crippen LogP contribution in [0.1, 0.15) is 20.3 Å². The average Bonchev–Trinajstić information content (AvgIpc) is 2.87. The van der Waals surface area contributed by atoms with Crippen LogP contribution in [-0.4, -0.2) is 132 Å². The minimum atomic E-state index is -0.180. The third-order valence-electron chi connectivity index (χ3n) is 4.52. The van der Waals surface area contributed by atoms with Crippen molar-refractivity contribution in [1.29, 1.82) is 0 Å². The van der Waals surface area contributed by atoms with E-state index in [1.54, 1.807) is 7.11 Å². The minimum absolute atomic E-state index is 0.0675. The maximum Gasteiger partial charge on any atom is 0.308 e. The SMILES string of the molecule is CCC(C)C(=O)OCCOCCOCCOCCOCCOCCOCCOCCOCCOC. The van der Waals surface area contributed by atoms with Gasteiger partial charge in [0.15, 0.2) is 0 Å². The van der Waals surface area contributed by atoms with Crippen LogP contribution >= 0.6 is 0 Å². The van der Waals surface area contributed by atoms with Crippen molar-refractivity contribution < 1.29 is 52.2 Å². The summed E-state index contributed by atoms with van der Waals surface area (Å²) in [5, 5.41) is 0. The normalized spacial score (nSPS) is 12.2. The molecule has 0 N–H and O–H groups in total. The highest BCUT2D eigenvalue weighted by molar-refractivity contribution is 5.71. The molecule has 0 spiro atoms. The van der Waals surface area contributed by atoms with Gasteiger partial charge in [-0.2, -0.15) is 0 Å². The summed E-state index contributed by atoms with van der Waals surface area (Å²) in [6.45, 7) is 12.8. The van der Waals surface area contributed by atoms with Crippen LogP contribution in [0.15, 0.2) is 0 Å². The summed E-state index contributed by atoms with van der Waals surface area (Å²) in [6.07, 6.45) is 0.775. The van der Waals surface area contributed by atoms with Crippen LogP contribution in [0.3, 0.4) is 0 Å². The fourth-order valence-corrected chi connectivity index (χ4v) is 2.29. The molecular formula is C24H48O11. The molecule has 1 atom stereocenters. The van der Waals surface area contributed by atoms with Gasteiger partial charge in [-0.05, 0) is 6.42 Å². The summed E-state index contributed by atoms with van der Waals surface area (Å²) in [5.41, 5.74) is 0. The summed E-state index contributed by atoms with van der Waals surface area (Å²) >= 11 is 0. The zero-order valence-corrected chi connectivity index (χ0v) is 22.0. The van der Waals surface area contributed by atoms with E-state index >= 15 is 0 Å². The van der Waals surface area contributed by atoms with Gasteiger partial charge in [0.2, 0.25) is 0 Å².